The number of esters is 1. The molecule has 3 aromatic rings. The van der Waals surface area contributed by atoms with Crippen LogP contribution in [0.25, 0.3) is 11.0 Å². The molecule has 1 aromatic carbocycles. The molecule has 0 saturated heterocycles. The topological polar surface area (TPSA) is 145 Å². The van der Waals surface area contributed by atoms with Crippen molar-refractivity contribution in [3.05, 3.63) is 36.3 Å². The number of nitrogens with two attached hydrogens (primary N) is 1. The summed E-state index contributed by atoms with van der Waals surface area (Å²) >= 11 is 0. The lowest BCUT2D eigenvalue weighted by Crippen LogP contribution is -2.50. The van der Waals surface area contributed by atoms with Crippen LogP contribution in [0, 0.1) is 5.82 Å². The normalized spacial score (nSPS) is 17.1. The standard InChI is InChI=1S/C23H26FN7O4S/c1-3-30-19-11-15-13-26-22(27-18-8-7-16(12-17(18)24)36(25,33)34)28-20(15)31(19)23(9-5-4-6-10-23)21(29-30)35-14(2)32/h7-8,11-13H,3-6,9-10H2,1-2H3,(H2,25,33,34)(H,26,27,28). The summed E-state index contributed by atoms with van der Waals surface area (Å²) in [6, 6.07) is 5.25. The minimum absolute atomic E-state index is 0.00287. The summed E-state index contributed by atoms with van der Waals surface area (Å²) in [4.78, 5) is 20.7. The Morgan fingerprint density at radius 1 is 1.25 bits per heavy atom. The van der Waals surface area contributed by atoms with Gasteiger partial charge >= 0.3 is 5.97 Å². The summed E-state index contributed by atoms with van der Waals surface area (Å²) in [5.74, 6) is 0.0219. The van der Waals surface area contributed by atoms with E-state index in [1.807, 2.05) is 13.0 Å². The number of benzene rings is 1. The molecule has 2 aromatic heterocycles. The van der Waals surface area contributed by atoms with E-state index in [4.69, 9.17) is 20.0 Å². The highest BCUT2D eigenvalue weighted by Crippen LogP contribution is 2.45. The van der Waals surface area contributed by atoms with Gasteiger partial charge in [0.1, 0.15) is 22.8 Å². The molecule has 1 aliphatic heterocycles. The predicted molar refractivity (Wildman–Crippen MR) is 132 cm³/mol. The minimum Gasteiger partial charge on any atom is -0.407 e. The first-order valence-corrected chi connectivity index (χ1v) is 13.2. The number of aromatic nitrogens is 3. The molecule has 13 heteroatoms. The molecule has 190 valence electrons. The number of sulfonamides is 1. The maximum absolute atomic E-state index is 14.6. The molecule has 0 atom stereocenters. The predicted octanol–water partition coefficient (Wildman–Crippen LogP) is 3.34. The number of hydrogen-bond donors (Lipinski definition) is 2. The second kappa shape index (κ2) is 8.82. The molecule has 2 aliphatic rings. The van der Waals surface area contributed by atoms with Gasteiger partial charge in [-0.15, -0.1) is 5.10 Å². The molecule has 0 unspecified atom stereocenters. The fourth-order valence-corrected chi connectivity index (χ4v) is 5.48. The van der Waals surface area contributed by atoms with Crippen molar-refractivity contribution in [2.24, 2.45) is 10.2 Å². The van der Waals surface area contributed by atoms with Gasteiger partial charge in [0.2, 0.25) is 21.9 Å². The second-order valence-electron chi connectivity index (χ2n) is 8.93. The number of ether oxygens (including phenoxy) is 1. The first-order chi connectivity index (χ1) is 17.1. The Hall–Kier alpha value is -3.58. The minimum atomic E-state index is -4.04. The van der Waals surface area contributed by atoms with Crippen LogP contribution in [-0.2, 0) is 25.1 Å². The van der Waals surface area contributed by atoms with E-state index in [1.54, 1.807) is 11.2 Å². The van der Waals surface area contributed by atoms with Crippen LogP contribution in [0.15, 0.2) is 40.5 Å². The zero-order chi connectivity index (χ0) is 25.7. The van der Waals surface area contributed by atoms with Crippen molar-refractivity contribution < 1.29 is 22.3 Å². The number of anilines is 3. The highest BCUT2D eigenvalue weighted by molar-refractivity contribution is 7.89. The van der Waals surface area contributed by atoms with E-state index >= 15 is 0 Å². The molecule has 36 heavy (non-hydrogen) atoms. The van der Waals surface area contributed by atoms with Crippen molar-refractivity contribution in [1.29, 1.82) is 0 Å². The molecule has 5 rings (SSSR count). The van der Waals surface area contributed by atoms with Crippen LogP contribution in [-0.4, -0.2) is 41.4 Å². The smallest absolute Gasteiger partial charge is 0.309 e. The molecule has 0 bridgehead atoms. The Kier molecular flexibility index (Phi) is 5.91. The fourth-order valence-electron chi connectivity index (χ4n) is 4.95. The van der Waals surface area contributed by atoms with Gasteiger partial charge in [-0.05, 0) is 44.0 Å². The summed E-state index contributed by atoms with van der Waals surface area (Å²) in [5.41, 5.74) is -0.0957. The van der Waals surface area contributed by atoms with Crippen LogP contribution in [0.3, 0.4) is 0 Å². The van der Waals surface area contributed by atoms with Gasteiger partial charge in [-0.25, -0.2) is 27.9 Å². The van der Waals surface area contributed by atoms with Gasteiger partial charge in [-0.1, -0.05) is 19.3 Å². The van der Waals surface area contributed by atoms with E-state index in [1.165, 1.54) is 19.1 Å². The molecular formula is C23H26FN7O4S. The molecule has 1 aliphatic carbocycles. The fraction of sp³-hybridized carbons (Fsp3) is 0.391. The van der Waals surface area contributed by atoms with Gasteiger partial charge in [0.05, 0.1) is 10.6 Å². The number of rotatable bonds is 4. The SMILES string of the molecule is CCN1N=C(OC(C)=O)C2(CCCCC2)n2c1cc1cnc(Nc3ccc(S(N)(=O)=O)cc3F)nc12. The average molecular weight is 516 g/mol. The van der Waals surface area contributed by atoms with Crippen molar-refractivity contribution >= 4 is 50.4 Å². The Morgan fingerprint density at radius 3 is 2.64 bits per heavy atom. The molecule has 1 fully saturated rings. The Balaban J connectivity index is 1.62. The molecule has 0 amide bonds. The highest BCUT2D eigenvalue weighted by Gasteiger charge is 2.47. The Bertz CT molecular complexity index is 1500. The largest absolute Gasteiger partial charge is 0.407 e. The van der Waals surface area contributed by atoms with E-state index in [0.29, 0.717) is 18.1 Å². The second-order valence-corrected chi connectivity index (χ2v) is 10.5. The zero-order valence-electron chi connectivity index (χ0n) is 19.9. The number of primary sulfonamides is 1. The Morgan fingerprint density at radius 2 is 2.00 bits per heavy atom. The maximum atomic E-state index is 14.6. The molecular weight excluding hydrogens is 489 g/mol. The van der Waals surface area contributed by atoms with Crippen LogP contribution in [0.1, 0.15) is 46.0 Å². The first-order valence-electron chi connectivity index (χ1n) is 11.7. The third-order valence-corrected chi connectivity index (χ3v) is 7.47. The van der Waals surface area contributed by atoms with E-state index in [-0.39, 0.29) is 16.5 Å². The highest BCUT2D eigenvalue weighted by atomic mass is 32.2. The number of fused-ring (bicyclic) bond motifs is 4. The maximum Gasteiger partial charge on any atom is 0.309 e. The van der Waals surface area contributed by atoms with Crippen LogP contribution >= 0.6 is 0 Å². The number of halogens is 1. The van der Waals surface area contributed by atoms with E-state index in [2.05, 4.69) is 14.9 Å². The van der Waals surface area contributed by atoms with Gasteiger partial charge in [0.15, 0.2) is 0 Å². The summed E-state index contributed by atoms with van der Waals surface area (Å²) in [5, 5.41) is 15.1. The lowest BCUT2D eigenvalue weighted by atomic mass is 9.80. The number of carbonyl (C=O) groups excluding carboxylic acids is 1. The molecule has 3 N–H and O–H groups in total. The van der Waals surface area contributed by atoms with E-state index in [9.17, 15) is 17.6 Å². The average Bonchev–Trinajstić information content (AvgIpc) is 3.22. The first kappa shape index (κ1) is 24.1. The number of carbonyl (C=O) groups is 1. The van der Waals surface area contributed by atoms with Crippen molar-refractivity contribution in [2.45, 2.75) is 56.4 Å². The van der Waals surface area contributed by atoms with Gasteiger partial charge < -0.3 is 10.1 Å². The van der Waals surface area contributed by atoms with Gasteiger partial charge in [0.25, 0.3) is 0 Å². The van der Waals surface area contributed by atoms with Crippen molar-refractivity contribution in [2.75, 3.05) is 16.9 Å². The van der Waals surface area contributed by atoms with Gasteiger partial charge in [0, 0.05) is 25.1 Å². The lowest BCUT2D eigenvalue weighted by Gasteiger charge is -2.43. The summed E-state index contributed by atoms with van der Waals surface area (Å²) in [6.07, 6.45) is 6.01. The van der Waals surface area contributed by atoms with Crippen LogP contribution in [0.2, 0.25) is 0 Å². The van der Waals surface area contributed by atoms with E-state index in [0.717, 1.165) is 49.4 Å². The lowest BCUT2D eigenvalue weighted by molar-refractivity contribution is -0.133. The number of hydrazone groups is 1. The molecule has 0 radical (unpaired) electrons. The van der Waals surface area contributed by atoms with Gasteiger partial charge in [-0.2, -0.15) is 4.98 Å². The summed E-state index contributed by atoms with van der Waals surface area (Å²) in [7, 11) is -4.04. The quantitative estimate of drug-likeness (QED) is 0.503. The Labute approximate surface area is 207 Å². The van der Waals surface area contributed by atoms with Crippen LogP contribution in [0.5, 0.6) is 0 Å². The molecule has 1 saturated carbocycles. The number of nitrogens with one attached hydrogen (secondary N) is 1. The third-order valence-electron chi connectivity index (χ3n) is 6.56. The summed E-state index contributed by atoms with van der Waals surface area (Å²) in [6.45, 7) is 3.85. The van der Waals surface area contributed by atoms with Crippen LogP contribution in [0.4, 0.5) is 21.8 Å². The van der Waals surface area contributed by atoms with Crippen molar-refractivity contribution in [1.82, 2.24) is 14.5 Å². The van der Waals surface area contributed by atoms with Crippen LogP contribution < -0.4 is 15.5 Å². The third kappa shape index (κ3) is 4.07. The summed E-state index contributed by atoms with van der Waals surface area (Å²) < 4.78 is 45.4. The zero-order valence-corrected chi connectivity index (χ0v) is 20.7. The number of hydrogen-bond acceptors (Lipinski definition) is 9. The van der Waals surface area contributed by atoms with Crippen molar-refractivity contribution in [3.63, 3.8) is 0 Å². The monoisotopic (exact) mass is 515 g/mol. The molecule has 1 spiro atoms. The van der Waals surface area contributed by atoms with Gasteiger partial charge in [-0.3, -0.25) is 9.36 Å². The number of nitrogens with zero attached hydrogens (tertiary/aromatic N) is 5. The van der Waals surface area contributed by atoms with E-state index < -0.39 is 27.3 Å². The molecule has 3 heterocycles. The van der Waals surface area contributed by atoms with Crippen molar-refractivity contribution in [3.8, 4) is 0 Å². The molecule has 11 nitrogen and oxygen atoms in total.